The fourth-order valence-corrected chi connectivity index (χ4v) is 1.97. The highest BCUT2D eigenvalue weighted by atomic mass is 16.5. The maximum atomic E-state index is 11.8. The molecule has 1 aromatic heterocycles. The Morgan fingerprint density at radius 2 is 2.23 bits per heavy atom. The summed E-state index contributed by atoms with van der Waals surface area (Å²) >= 11 is 0. The number of carbonyl (C=O) groups is 1. The van der Waals surface area contributed by atoms with Crippen molar-refractivity contribution in [1.82, 2.24) is 5.32 Å². The zero-order chi connectivity index (χ0) is 15.8. The Labute approximate surface area is 129 Å². The molecule has 2 rings (SSSR count). The molecule has 0 aliphatic carbocycles. The van der Waals surface area contributed by atoms with E-state index in [0.29, 0.717) is 6.54 Å². The van der Waals surface area contributed by atoms with Crippen LogP contribution in [0.1, 0.15) is 17.2 Å². The normalized spacial score (nSPS) is 12.3. The van der Waals surface area contributed by atoms with Crippen molar-refractivity contribution >= 4 is 12.0 Å². The largest absolute Gasteiger partial charge is 0.497 e. The molecule has 1 N–H and O–H groups in total. The molecule has 5 nitrogen and oxygen atoms in total. The van der Waals surface area contributed by atoms with E-state index in [4.69, 9.17) is 13.9 Å². The van der Waals surface area contributed by atoms with Crippen molar-refractivity contribution in [3.63, 3.8) is 0 Å². The maximum Gasteiger partial charge on any atom is 0.244 e. The van der Waals surface area contributed by atoms with Crippen molar-refractivity contribution < 1.29 is 18.7 Å². The molecule has 1 amide bonds. The van der Waals surface area contributed by atoms with Gasteiger partial charge < -0.3 is 19.2 Å². The van der Waals surface area contributed by atoms with E-state index in [2.05, 4.69) is 5.32 Å². The zero-order valence-electron chi connectivity index (χ0n) is 12.6. The number of hydrogen-bond acceptors (Lipinski definition) is 4. The van der Waals surface area contributed by atoms with Crippen LogP contribution in [0.4, 0.5) is 0 Å². The fourth-order valence-electron chi connectivity index (χ4n) is 1.97. The lowest BCUT2D eigenvalue weighted by Crippen LogP contribution is -2.27. The van der Waals surface area contributed by atoms with E-state index >= 15 is 0 Å². The summed E-state index contributed by atoms with van der Waals surface area (Å²) in [4.78, 5) is 11.8. The summed E-state index contributed by atoms with van der Waals surface area (Å²) in [5.74, 6) is 0.567. The molecule has 1 atom stereocenters. The van der Waals surface area contributed by atoms with Crippen molar-refractivity contribution in [3.05, 3.63) is 60.1 Å². The molecule has 1 unspecified atom stereocenters. The van der Waals surface area contributed by atoms with Crippen LogP contribution in [0.25, 0.3) is 6.08 Å². The monoisotopic (exact) mass is 301 g/mol. The molecule has 2 aromatic rings. The lowest BCUT2D eigenvalue weighted by Gasteiger charge is -2.16. The number of benzene rings is 1. The Morgan fingerprint density at radius 3 is 2.91 bits per heavy atom. The van der Waals surface area contributed by atoms with Crippen LogP contribution in [-0.2, 0) is 9.53 Å². The summed E-state index contributed by atoms with van der Waals surface area (Å²) in [7, 11) is 3.22. The number of nitrogens with one attached hydrogen (secondary N) is 1. The summed E-state index contributed by atoms with van der Waals surface area (Å²) in [6.07, 6.45) is 6.04. The lowest BCUT2D eigenvalue weighted by molar-refractivity contribution is -0.117. The Kier molecular flexibility index (Phi) is 5.80. The molecule has 116 valence electrons. The highest BCUT2D eigenvalue weighted by Crippen LogP contribution is 2.20. The molecular formula is C17H19NO4. The van der Waals surface area contributed by atoms with Gasteiger partial charge in [-0.3, -0.25) is 4.79 Å². The number of amides is 1. The molecule has 0 aliphatic rings. The van der Waals surface area contributed by atoms with Crippen molar-refractivity contribution in [2.45, 2.75) is 6.10 Å². The minimum Gasteiger partial charge on any atom is -0.497 e. The number of rotatable bonds is 7. The van der Waals surface area contributed by atoms with Gasteiger partial charge in [-0.1, -0.05) is 12.1 Å². The van der Waals surface area contributed by atoms with Gasteiger partial charge in [0.05, 0.1) is 25.7 Å². The summed E-state index contributed by atoms with van der Waals surface area (Å²) in [6, 6.07) is 9.35. The second-order valence-corrected chi connectivity index (χ2v) is 4.64. The minimum atomic E-state index is -0.235. The van der Waals surface area contributed by atoms with Crippen molar-refractivity contribution in [1.29, 1.82) is 0 Å². The summed E-state index contributed by atoms with van der Waals surface area (Å²) in [6.45, 7) is 0.373. The van der Waals surface area contributed by atoms with Gasteiger partial charge in [0.15, 0.2) is 0 Å². The third-order valence-electron chi connectivity index (χ3n) is 3.18. The molecule has 5 heteroatoms. The number of hydrogen-bond donors (Lipinski definition) is 1. The van der Waals surface area contributed by atoms with Crippen LogP contribution in [0.2, 0.25) is 0 Å². The molecule has 0 saturated heterocycles. The minimum absolute atomic E-state index is 0.189. The van der Waals surface area contributed by atoms with Gasteiger partial charge in [-0.25, -0.2) is 0 Å². The SMILES string of the molecule is COc1cccc(C(CNC(=O)C=Cc2ccoc2)OC)c1. The standard InChI is InChI=1S/C17H19NO4/c1-20-15-5-3-4-14(10-15)16(21-2)11-18-17(19)7-6-13-8-9-22-12-13/h3-10,12,16H,11H2,1-2H3,(H,18,19). The average Bonchev–Trinajstić information content (AvgIpc) is 3.07. The van der Waals surface area contributed by atoms with Gasteiger partial charge in [0.25, 0.3) is 0 Å². The highest BCUT2D eigenvalue weighted by Gasteiger charge is 2.12. The smallest absolute Gasteiger partial charge is 0.244 e. The first-order valence-corrected chi connectivity index (χ1v) is 6.88. The summed E-state index contributed by atoms with van der Waals surface area (Å²) in [5, 5.41) is 2.81. The van der Waals surface area contributed by atoms with Crippen LogP contribution in [0, 0.1) is 0 Å². The first-order chi connectivity index (χ1) is 10.7. The Balaban J connectivity index is 1.91. The van der Waals surface area contributed by atoms with E-state index in [-0.39, 0.29) is 12.0 Å². The molecular weight excluding hydrogens is 282 g/mol. The van der Waals surface area contributed by atoms with E-state index in [1.165, 1.54) is 6.08 Å². The molecule has 0 radical (unpaired) electrons. The number of ether oxygens (including phenoxy) is 2. The molecule has 1 heterocycles. The third kappa shape index (κ3) is 4.49. The first-order valence-electron chi connectivity index (χ1n) is 6.88. The number of methoxy groups -OCH3 is 2. The molecule has 0 saturated carbocycles. The average molecular weight is 301 g/mol. The van der Waals surface area contributed by atoms with Gasteiger partial charge >= 0.3 is 0 Å². The van der Waals surface area contributed by atoms with E-state index in [0.717, 1.165) is 16.9 Å². The molecule has 1 aromatic carbocycles. The number of carbonyl (C=O) groups excluding carboxylic acids is 1. The van der Waals surface area contributed by atoms with Crippen LogP contribution < -0.4 is 10.1 Å². The first kappa shape index (κ1) is 15.9. The predicted octanol–water partition coefficient (Wildman–Crippen LogP) is 2.81. The molecule has 0 fully saturated rings. The zero-order valence-corrected chi connectivity index (χ0v) is 12.6. The predicted molar refractivity (Wildman–Crippen MR) is 83.5 cm³/mol. The number of furan rings is 1. The molecule has 22 heavy (non-hydrogen) atoms. The van der Waals surface area contributed by atoms with Crippen LogP contribution in [0.3, 0.4) is 0 Å². The second-order valence-electron chi connectivity index (χ2n) is 4.64. The van der Waals surface area contributed by atoms with Gasteiger partial charge in [0.2, 0.25) is 5.91 Å². The van der Waals surface area contributed by atoms with Crippen LogP contribution in [0.15, 0.2) is 53.4 Å². The summed E-state index contributed by atoms with van der Waals surface area (Å²) < 4.78 is 15.5. The van der Waals surface area contributed by atoms with Crippen LogP contribution in [-0.4, -0.2) is 26.7 Å². The Morgan fingerprint density at radius 1 is 1.36 bits per heavy atom. The van der Waals surface area contributed by atoms with Gasteiger partial charge in [0.1, 0.15) is 5.75 Å². The Bertz CT molecular complexity index is 619. The van der Waals surface area contributed by atoms with E-state index in [1.807, 2.05) is 24.3 Å². The third-order valence-corrected chi connectivity index (χ3v) is 3.18. The van der Waals surface area contributed by atoms with E-state index < -0.39 is 0 Å². The van der Waals surface area contributed by atoms with Gasteiger partial charge in [-0.2, -0.15) is 0 Å². The quantitative estimate of drug-likeness (QED) is 0.799. The molecule has 0 aliphatic heterocycles. The molecule has 0 spiro atoms. The molecule has 0 bridgehead atoms. The van der Waals surface area contributed by atoms with Crippen LogP contribution >= 0.6 is 0 Å². The van der Waals surface area contributed by atoms with E-state index in [9.17, 15) is 4.79 Å². The lowest BCUT2D eigenvalue weighted by atomic mass is 10.1. The topological polar surface area (TPSA) is 60.7 Å². The van der Waals surface area contributed by atoms with Gasteiger partial charge in [-0.15, -0.1) is 0 Å². The Hall–Kier alpha value is -2.53. The fraction of sp³-hybridized carbons (Fsp3) is 0.235. The van der Waals surface area contributed by atoms with Gasteiger partial charge in [0, 0.05) is 25.3 Å². The van der Waals surface area contributed by atoms with Crippen molar-refractivity contribution in [2.24, 2.45) is 0 Å². The highest BCUT2D eigenvalue weighted by molar-refractivity contribution is 5.91. The van der Waals surface area contributed by atoms with Crippen molar-refractivity contribution in [2.75, 3.05) is 20.8 Å². The summed E-state index contributed by atoms with van der Waals surface area (Å²) in [5.41, 5.74) is 1.78. The van der Waals surface area contributed by atoms with E-state index in [1.54, 1.807) is 38.9 Å². The second kappa shape index (κ2) is 8.05. The van der Waals surface area contributed by atoms with Gasteiger partial charge in [-0.05, 0) is 29.8 Å². The van der Waals surface area contributed by atoms with Crippen LogP contribution in [0.5, 0.6) is 5.75 Å². The van der Waals surface area contributed by atoms with Crippen molar-refractivity contribution in [3.8, 4) is 5.75 Å². The maximum absolute atomic E-state index is 11.8.